The summed E-state index contributed by atoms with van der Waals surface area (Å²) in [6.07, 6.45) is -5.45. The number of aromatic nitrogens is 1. The van der Waals surface area contributed by atoms with Crippen molar-refractivity contribution in [3.8, 4) is 23.0 Å². The molecule has 1 aromatic heterocycles. The fraction of sp³-hybridized carbons (Fsp3) is 0.211. The van der Waals surface area contributed by atoms with Gasteiger partial charge in [-0.1, -0.05) is 84.9 Å². The van der Waals surface area contributed by atoms with Crippen molar-refractivity contribution < 1.29 is 69.6 Å². The van der Waals surface area contributed by atoms with Crippen LogP contribution in [0.5, 0.6) is 23.0 Å². The van der Waals surface area contributed by atoms with Crippen LogP contribution < -0.4 is 34.1 Å². The van der Waals surface area contributed by atoms with E-state index in [0.717, 1.165) is 24.3 Å². The highest BCUT2D eigenvalue weighted by Crippen LogP contribution is 2.36. The van der Waals surface area contributed by atoms with Crippen molar-refractivity contribution in [2.24, 2.45) is 0 Å². The molecule has 0 aliphatic rings. The number of halogens is 6. The van der Waals surface area contributed by atoms with Crippen molar-refractivity contribution in [3.63, 3.8) is 0 Å². The van der Waals surface area contributed by atoms with Gasteiger partial charge in [0.05, 0.1) is 51.5 Å². The molecule has 0 aliphatic carbocycles. The summed E-state index contributed by atoms with van der Waals surface area (Å²) in [5.41, 5.74) is 1.61. The second-order valence-corrected chi connectivity index (χ2v) is 16.7. The maximum absolute atomic E-state index is 14.3. The van der Waals surface area contributed by atoms with E-state index in [2.05, 4.69) is 10.3 Å². The van der Waals surface area contributed by atoms with Gasteiger partial charge in [-0.2, -0.15) is 26.3 Å². The van der Waals surface area contributed by atoms with Gasteiger partial charge in [0.25, 0.3) is 0 Å². The zero-order valence-electron chi connectivity index (χ0n) is 41.5. The molecule has 6 aromatic carbocycles. The summed E-state index contributed by atoms with van der Waals surface area (Å²) in [4.78, 5) is 60.3. The van der Waals surface area contributed by atoms with Crippen molar-refractivity contribution >= 4 is 40.8 Å². The van der Waals surface area contributed by atoms with E-state index in [9.17, 15) is 50.6 Å². The molecule has 396 valence electrons. The van der Waals surface area contributed by atoms with Gasteiger partial charge >= 0.3 is 18.3 Å². The Kier molecular flexibility index (Phi) is 19.2. The van der Waals surface area contributed by atoms with Gasteiger partial charge in [0, 0.05) is 42.8 Å². The van der Waals surface area contributed by atoms with E-state index in [1.807, 2.05) is 0 Å². The van der Waals surface area contributed by atoms with E-state index < -0.39 is 59.0 Å². The minimum Gasteiger partial charge on any atom is -0.493 e. The normalized spacial score (nSPS) is 11.9. The lowest BCUT2D eigenvalue weighted by molar-refractivity contribution is -0.143. The lowest BCUT2D eigenvalue weighted by Gasteiger charge is -2.28. The number of carboxylic acid groups (broad SMARTS) is 1. The van der Waals surface area contributed by atoms with Gasteiger partial charge in [0.2, 0.25) is 17.7 Å². The number of carbonyl (C=O) groups is 4. The number of benzene rings is 6. The lowest BCUT2D eigenvalue weighted by Crippen LogP contribution is -2.41. The van der Waals surface area contributed by atoms with Crippen LogP contribution in [-0.4, -0.2) is 75.3 Å². The minimum atomic E-state index is -4.45. The number of nitrogens with one attached hydrogen (secondary N) is 1. The SMILES string of the molecule is COc1ccc(N(CCc2ccc(C(F)(F)F)cc2)C(=O)C(C(=O)Nc2cccnc2)c2ccccc2)cc1OC.COc1ccc(N(CCc2ccc(C(F)(F)F)cc2)C(=O)C(C(=O)O)c2ccccc2)cc1OC. The van der Waals surface area contributed by atoms with Crippen molar-refractivity contribution in [3.05, 3.63) is 203 Å². The van der Waals surface area contributed by atoms with E-state index in [4.69, 9.17) is 18.9 Å². The Morgan fingerprint density at radius 1 is 0.526 bits per heavy atom. The van der Waals surface area contributed by atoms with Crippen LogP contribution in [0.2, 0.25) is 0 Å². The molecule has 2 atom stereocenters. The molecule has 3 amide bonds. The number of hydrogen-bond donors (Lipinski definition) is 2. The number of rotatable bonds is 19. The molecule has 7 aromatic rings. The highest BCUT2D eigenvalue weighted by molar-refractivity contribution is 6.16. The van der Waals surface area contributed by atoms with E-state index in [-0.39, 0.29) is 25.9 Å². The van der Waals surface area contributed by atoms with Crippen molar-refractivity contribution in [2.75, 3.05) is 56.6 Å². The number of alkyl halides is 6. The third-order valence-electron chi connectivity index (χ3n) is 11.9. The second kappa shape index (κ2) is 25.9. The molecular weight excluding hydrogens is 999 g/mol. The quantitative estimate of drug-likeness (QED) is 0.0590. The highest BCUT2D eigenvalue weighted by atomic mass is 19.4. The fourth-order valence-corrected chi connectivity index (χ4v) is 7.97. The molecule has 19 heteroatoms. The van der Waals surface area contributed by atoms with Gasteiger partial charge in [0.15, 0.2) is 28.9 Å². The number of carbonyl (C=O) groups excluding carboxylic acids is 3. The molecule has 1 heterocycles. The summed E-state index contributed by atoms with van der Waals surface area (Å²) in [5.74, 6) is -4.24. The summed E-state index contributed by atoms with van der Waals surface area (Å²) in [7, 11) is 5.84. The second-order valence-electron chi connectivity index (χ2n) is 16.7. The van der Waals surface area contributed by atoms with E-state index >= 15 is 0 Å². The van der Waals surface area contributed by atoms with E-state index in [1.165, 1.54) is 68.7 Å². The van der Waals surface area contributed by atoms with Crippen molar-refractivity contribution in [1.82, 2.24) is 4.98 Å². The third-order valence-corrected chi connectivity index (χ3v) is 11.9. The summed E-state index contributed by atoms with van der Waals surface area (Å²) in [6.45, 7) is 0.0967. The standard InChI is InChI=1S/C31H28F3N3O4.C26H24F3NO5/c1-40-26-15-14-25(19-27(26)41-2)37(18-16-21-10-12-23(13-11-21)31(32,33)34)30(39)28(22-7-4-3-5-8-22)29(38)36-24-9-6-17-35-20-24;1-34-21-13-12-20(16-22(21)35-2)30(15-14-17-8-10-19(11-9-17)26(27,28)29)24(31)23(25(32)33)18-6-4-3-5-7-18/h3-15,17,19-20,28H,16,18H2,1-2H3,(H,36,38);3-13,16,23H,14-15H2,1-2H3,(H,32,33). The number of pyridine rings is 1. The zero-order valence-corrected chi connectivity index (χ0v) is 41.5. The van der Waals surface area contributed by atoms with Gasteiger partial charge in [-0.25, -0.2) is 0 Å². The number of amides is 3. The van der Waals surface area contributed by atoms with Crippen LogP contribution in [0.3, 0.4) is 0 Å². The summed E-state index contributed by atoms with van der Waals surface area (Å²) < 4.78 is 99.2. The van der Waals surface area contributed by atoms with Gasteiger partial charge in [-0.05, 0) is 95.8 Å². The Balaban J connectivity index is 0.000000250. The van der Waals surface area contributed by atoms with E-state index in [0.29, 0.717) is 62.3 Å². The van der Waals surface area contributed by atoms with Crippen LogP contribution >= 0.6 is 0 Å². The zero-order chi connectivity index (χ0) is 55.0. The first-order chi connectivity index (χ1) is 36.4. The minimum absolute atomic E-state index is 0.0241. The van der Waals surface area contributed by atoms with Gasteiger partial charge in [-0.3, -0.25) is 24.2 Å². The van der Waals surface area contributed by atoms with Crippen LogP contribution in [0.1, 0.15) is 45.2 Å². The molecule has 0 fully saturated rings. The number of ether oxygens (including phenoxy) is 4. The molecule has 7 rings (SSSR count). The largest absolute Gasteiger partial charge is 0.493 e. The van der Waals surface area contributed by atoms with Gasteiger partial charge in [0.1, 0.15) is 5.92 Å². The third kappa shape index (κ3) is 14.7. The first kappa shape index (κ1) is 56.4. The molecule has 2 unspecified atom stereocenters. The van der Waals surface area contributed by atoms with Gasteiger partial charge in [-0.15, -0.1) is 0 Å². The number of aliphatic carboxylic acids is 1. The molecule has 0 spiro atoms. The first-order valence-corrected chi connectivity index (χ1v) is 23.3. The topological polar surface area (TPSA) is 157 Å². The molecule has 0 aliphatic heterocycles. The molecular formula is C57H52F6N4O9. The summed E-state index contributed by atoms with van der Waals surface area (Å²) in [6, 6.07) is 39.1. The molecule has 76 heavy (non-hydrogen) atoms. The summed E-state index contributed by atoms with van der Waals surface area (Å²) >= 11 is 0. The molecule has 0 radical (unpaired) electrons. The van der Waals surface area contributed by atoms with Crippen LogP contribution in [0, 0.1) is 0 Å². The number of carboxylic acids is 1. The average molecular weight is 1050 g/mol. The van der Waals surface area contributed by atoms with Crippen LogP contribution in [0.25, 0.3) is 0 Å². The lowest BCUT2D eigenvalue weighted by atomic mass is 9.95. The first-order valence-electron chi connectivity index (χ1n) is 23.3. The van der Waals surface area contributed by atoms with Crippen molar-refractivity contribution in [1.29, 1.82) is 0 Å². The number of nitrogens with zero attached hydrogens (tertiary/aromatic N) is 3. The molecule has 0 saturated heterocycles. The Morgan fingerprint density at radius 2 is 0.934 bits per heavy atom. The Morgan fingerprint density at radius 3 is 1.30 bits per heavy atom. The molecule has 13 nitrogen and oxygen atoms in total. The Labute approximate surface area is 434 Å². The number of methoxy groups -OCH3 is 4. The fourth-order valence-electron chi connectivity index (χ4n) is 7.97. The molecule has 2 N–H and O–H groups in total. The monoisotopic (exact) mass is 1050 g/mol. The van der Waals surface area contributed by atoms with Crippen LogP contribution in [0.4, 0.5) is 43.4 Å². The van der Waals surface area contributed by atoms with Crippen LogP contribution in [-0.2, 0) is 44.4 Å². The predicted molar refractivity (Wildman–Crippen MR) is 273 cm³/mol. The number of hydrogen-bond acceptors (Lipinski definition) is 9. The number of anilines is 3. The maximum Gasteiger partial charge on any atom is 0.416 e. The van der Waals surface area contributed by atoms with Gasteiger partial charge < -0.3 is 39.2 Å². The molecule has 0 saturated carbocycles. The van der Waals surface area contributed by atoms with Crippen molar-refractivity contribution in [2.45, 2.75) is 37.0 Å². The van der Waals surface area contributed by atoms with E-state index in [1.54, 1.807) is 115 Å². The highest BCUT2D eigenvalue weighted by Gasteiger charge is 2.36. The Hall–Kier alpha value is -8.87. The summed E-state index contributed by atoms with van der Waals surface area (Å²) in [5, 5.41) is 12.6. The smallest absolute Gasteiger partial charge is 0.416 e. The average Bonchev–Trinajstić information content (AvgIpc) is 3.42. The Bertz CT molecular complexity index is 3040. The predicted octanol–water partition coefficient (Wildman–Crippen LogP) is 11.3. The van der Waals surface area contributed by atoms with Crippen LogP contribution in [0.15, 0.2) is 170 Å². The maximum atomic E-state index is 14.3. The molecule has 0 bridgehead atoms.